The molecule has 4 heteroatoms. The summed E-state index contributed by atoms with van der Waals surface area (Å²) in [4.78, 5) is 0. The molecule has 1 unspecified atom stereocenters. The van der Waals surface area contributed by atoms with Gasteiger partial charge in [0.1, 0.15) is 11.9 Å². The standard InChI is InChI=1S/C15H24ClNO2/c1-11(10-18-5)19-14-7-6-12(8-13(14)16)9-17-15(2,3)4/h6-8,11,17H,9-10H2,1-5H3. The van der Waals surface area contributed by atoms with E-state index >= 15 is 0 Å². The fourth-order valence-electron chi connectivity index (χ4n) is 1.60. The molecule has 1 rings (SSSR count). The van der Waals surface area contributed by atoms with Crippen molar-refractivity contribution in [2.45, 2.75) is 45.9 Å². The van der Waals surface area contributed by atoms with Crippen LogP contribution in [-0.4, -0.2) is 25.4 Å². The highest BCUT2D eigenvalue weighted by Crippen LogP contribution is 2.26. The molecule has 19 heavy (non-hydrogen) atoms. The van der Waals surface area contributed by atoms with Crippen molar-refractivity contribution in [1.82, 2.24) is 5.32 Å². The van der Waals surface area contributed by atoms with Crippen molar-refractivity contribution >= 4 is 11.6 Å². The van der Waals surface area contributed by atoms with Gasteiger partial charge in [0.2, 0.25) is 0 Å². The van der Waals surface area contributed by atoms with E-state index in [9.17, 15) is 0 Å². The lowest BCUT2D eigenvalue weighted by molar-refractivity contribution is 0.0921. The maximum Gasteiger partial charge on any atom is 0.138 e. The smallest absolute Gasteiger partial charge is 0.138 e. The molecule has 0 heterocycles. The summed E-state index contributed by atoms with van der Waals surface area (Å²) in [6.07, 6.45) is -0.0129. The highest BCUT2D eigenvalue weighted by molar-refractivity contribution is 6.32. The highest BCUT2D eigenvalue weighted by atomic mass is 35.5. The Morgan fingerprint density at radius 3 is 2.53 bits per heavy atom. The molecular weight excluding hydrogens is 262 g/mol. The van der Waals surface area contributed by atoms with Crippen molar-refractivity contribution in [3.8, 4) is 5.75 Å². The Hall–Kier alpha value is -0.770. The molecule has 0 spiro atoms. The summed E-state index contributed by atoms with van der Waals surface area (Å²) in [5.41, 5.74) is 1.24. The summed E-state index contributed by atoms with van der Waals surface area (Å²) in [5, 5.41) is 4.06. The topological polar surface area (TPSA) is 30.5 Å². The number of hydrogen-bond donors (Lipinski definition) is 1. The molecule has 0 saturated carbocycles. The van der Waals surface area contributed by atoms with Gasteiger partial charge in [-0.05, 0) is 45.4 Å². The molecule has 0 saturated heterocycles. The Bertz CT molecular complexity index is 402. The zero-order chi connectivity index (χ0) is 14.5. The molecule has 0 radical (unpaired) electrons. The van der Waals surface area contributed by atoms with E-state index in [4.69, 9.17) is 21.1 Å². The number of methoxy groups -OCH3 is 1. The number of rotatable bonds is 6. The minimum Gasteiger partial charge on any atom is -0.487 e. The summed E-state index contributed by atoms with van der Waals surface area (Å²) >= 11 is 6.23. The van der Waals surface area contributed by atoms with Crippen LogP contribution < -0.4 is 10.1 Å². The van der Waals surface area contributed by atoms with Crippen molar-refractivity contribution < 1.29 is 9.47 Å². The predicted molar refractivity (Wildman–Crippen MR) is 80.0 cm³/mol. The van der Waals surface area contributed by atoms with Crippen LogP contribution in [0.25, 0.3) is 0 Å². The molecule has 1 aromatic rings. The van der Waals surface area contributed by atoms with Gasteiger partial charge in [0.05, 0.1) is 11.6 Å². The maximum absolute atomic E-state index is 6.23. The lowest BCUT2D eigenvalue weighted by Gasteiger charge is -2.21. The van der Waals surface area contributed by atoms with Crippen molar-refractivity contribution in [3.05, 3.63) is 28.8 Å². The fourth-order valence-corrected chi connectivity index (χ4v) is 1.85. The van der Waals surface area contributed by atoms with E-state index in [1.807, 2.05) is 25.1 Å². The summed E-state index contributed by atoms with van der Waals surface area (Å²) in [6.45, 7) is 9.70. The number of halogens is 1. The lowest BCUT2D eigenvalue weighted by atomic mass is 10.1. The van der Waals surface area contributed by atoms with Crippen LogP contribution in [0.3, 0.4) is 0 Å². The van der Waals surface area contributed by atoms with Gasteiger partial charge >= 0.3 is 0 Å². The van der Waals surface area contributed by atoms with Crippen molar-refractivity contribution in [3.63, 3.8) is 0 Å². The zero-order valence-electron chi connectivity index (χ0n) is 12.4. The van der Waals surface area contributed by atoms with Gasteiger partial charge in [-0.15, -0.1) is 0 Å². The first kappa shape index (κ1) is 16.3. The molecule has 108 valence electrons. The highest BCUT2D eigenvalue weighted by Gasteiger charge is 2.11. The number of benzene rings is 1. The number of nitrogens with one attached hydrogen (secondary N) is 1. The molecule has 1 N–H and O–H groups in total. The quantitative estimate of drug-likeness (QED) is 0.865. The average molecular weight is 286 g/mol. The molecule has 0 bridgehead atoms. The van der Waals surface area contributed by atoms with Crippen LogP contribution >= 0.6 is 11.6 Å². The lowest BCUT2D eigenvalue weighted by Crippen LogP contribution is -2.35. The van der Waals surface area contributed by atoms with Gasteiger partial charge in [-0.3, -0.25) is 0 Å². The predicted octanol–water partition coefficient (Wildman–Crippen LogP) is 3.64. The van der Waals surface area contributed by atoms with Gasteiger partial charge in [0.25, 0.3) is 0 Å². The van der Waals surface area contributed by atoms with Gasteiger partial charge in [-0.2, -0.15) is 0 Å². The minimum absolute atomic E-state index is 0.0129. The third kappa shape index (κ3) is 6.28. The van der Waals surface area contributed by atoms with Crippen molar-refractivity contribution in [2.24, 2.45) is 0 Å². The summed E-state index contributed by atoms with van der Waals surface area (Å²) in [7, 11) is 1.66. The van der Waals surface area contributed by atoms with Crippen LogP contribution in [0, 0.1) is 0 Å². The zero-order valence-corrected chi connectivity index (χ0v) is 13.2. The maximum atomic E-state index is 6.23. The van der Waals surface area contributed by atoms with Crippen LogP contribution in [0.15, 0.2) is 18.2 Å². The summed E-state index contributed by atoms with van der Waals surface area (Å²) < 4.78 is 10.7. The van der Waals surface area contributed by atoms with E-state index in [2.05, 4.69) is 26.1 Å². The Morgan fingerprint density at radius 1 is 1.32 bits per heavy atom. The second-order valence-electron chi connectivity index (χ2n) is 5.75. The Labute approximate surface area is 121 Å². The van der Waals surface area contributed by atoms with E-state index in [-0.39, 0.29) is 11.6 Å². The van der Waals surface area contributed by atoms with E-state index in [0.29, 0.717) is 17.4 Å². The third-order valence-electron chi connectivity index (χ3n) is 2.55. The van der Waals surface area contributed by atoms with Gasteiger partial charge in [0, 0.05) is 19.2 Å². The minimum atomic E-state index is -0.0129. The third-order valence-corrected chi connectivity index (χ3v) is 2.84. The van der Waals surface area contributed by atoms with E-state index in [1.165, 1.54) is 0 Å². The monoisotopic (exact) mass is 285 g/mol. The Morgan fingerprint density at radius 2 is 2.00 bits per heavy atom. The summed E-state index contributed by atoms with van der Waals surface area (Å²) in [5.74, 6) is 0.700. The first-order chi connectivity index (χ1) is 8.81. The molecule has 0 fully saturated rings. The molecule has 0 aromatic heterocycles. The van der Waals surface area contributed by atoms with Crippen LogP contribution in [0.2, 0.25) is 5.02 Å². The van der Waals surface area contributed by atoms with E-state index in [1.54, 1.807) is 7.11 Å². The Kier molecular flexibility index (Phi) is 6.11. The van der Waals surface area contributed by atoms with Crippen LogP contribution in [0.4, 0.5) is 0 Å². The molecule has 0 aliphatic rings. The molecule has 3 nitrogen and oxygen atoms in total. The molecule has 1 atom stereocenters. The molecule has 0 aliphatic heterocycles. The average Bonchev–Trinajstić information content (AvgIpc) is 2.29. The van der Waals surface area contributed by atoms with Gasteiger partial charge in [0.15, 0.2) is 0 Å². The van der Waals surface area contributed by atoms with Gasteiger partial charge in [-0.25, -0.2) is 0 Å². The van der Waals surface area contributed by atoms with Crippen LogP contribution in [0.5, 0.6) is 5.75 Å². The van der Waals surface area contributed by atoms with Crippen molar-refractivity contribution in [1.29, 1.82) is 0 Å². The first-order valence-corrected chi connectivity index (χ1v) is 6.88. The fraction of sp³-hybridized carbons (Fsp3) is 0.600. The normalized spacial score (nSPS) is 13.4. The Balaban J connectivity index is 2.64. The summed E-state index contributed by atoms with van der Waals surface area (Å²) in [6, 6.07) is 5.88. The van der Waals surface area contributed by atoms with Crippen LogP contribution in [-0.2, 0) is 11.3 Å². The van der Waals surface area contributed by atoms with E-state index < -0.39 is 0 Å². The molecule has 0 amide bonds. The SMILES string of the molecule is COCC(C)Oc1ccc(CNC(C)(C)C)cc1Cl. The van der Waals surface area contributed by atoms with E-state index in [0.717, 1.165) is 12.1 Å². The van der Waals surface area contributed by atoms with Gasteiger partial charge < -0.3 is 14.8 Å². The largest absolute Gasteiger partial charge is 0.487 e. The van der Waals surface area contributed by atoms with Crippen LogP contribution in [0.1, 0.15) is 33.3 Å². The molecule has 1 aromatic carbocycles. The molecular formula is C15H24ClNO2. The number of hydrogen-bond acceptors (Lipinski definition) is 3. The number of ether oxygens (including phenoxy) is 2. The van der Waals surface area contributed by atoms with Crippen molar-refractivity contribution in [2.75, 3.05) is 13.7 Å². The van der Waals surface area contributed by atoms with Gasteiger partial charge in [-0.1, -0.05) is 17.7 Å². The molecule has 0 aliphatic carbocycles. The second kappa shape index (κ2) is 7.13. The second-order valence-corrected chi connectivity index (χ2v) is 6.16. The first-order valence-electron chi connectivity index (χ1n) is 6.51.